The summed E-state index contributed by atoms with van der Waals surface area (Å²) in [6, 6.07) is 9.96. The number of aliphatic hydroxyl groups excluding tert-OH is 1. The first-order chi connectivity index (χ1) is 11.8. The van der Waals surface area contributed by atoms with Crippen LogP contribution in [0, 0.1) is 0 Å². The van der Waals surface area contributed by atoms with Gasteiger partial charge in [-0.1, -0.05) is 30.3 Å². The summed E-state index contributed by atoms with van der Waals surface area (Å²) in [6.45, 7) is 5.87. The van der Waals surface area contributed by atoms with E-state index in [0.29, 0.717) is 32.8 Å². The van der Waals surface area contributed by atoms with Crippen LogP contribution in [-0.4, -0.2) is 63.7 Å². The summed E-state index contributed by atoms with van der Waals surface area (Å²) < 4.78 is 10.3. The van der Waals surface area contributed by atoms with Crippen LogP contribution < -0.4 is 10.6 Å². The molecular weight excluding hydrogens is 433 g/mol. The van der Waals surface area contributed by atoms with Crippen molar-refractivity contribution in [1.29, 1.82) is 0 Å². The molecule has 0 aromatic heterocycles. The molecule has 0 aliphatic heterocycles. The number of ether oxygens (including phenoxy) is 2. The molecule has 1 unspecified atom stereocenters. The Kier molecular flexibility index (Phi) is 16.0. The predicted octanol–water partition coefficient (Wildman–Crippen LogP) is 1.82. The molecule has 1 rings (SSSR count). The molecule has 7 heteroatoms. The Hall–Kier alpha value is -0.900. The minimum Gasteiger partial charge on any atom is -0.391 e. The van der Waals surface area contributed by atoms with Gasteiger partial charge in [0, 0.05) is 33.2 Å². The molecule has 0 heterocycles. The first kappa shape index (κ1) is 24.1. The second-order valence-electron chi connectivity index (χ2n) is 5.45. The second kappa shape index (κ2) is 16.6. The van der Waals surface area contributed by atoms with Crippen molar-refractivity contribution in [3.63, 3.8) is 0 Å². The van der Waals surface area contributed by atoms with Gasteiger partial charge in [-0.25, -0.2) is 0 Å². The van der Waals surface area contributed by atoms with Crippen molar-refractivity contribution in [2.45, 2.75) is 25.9 Å². The molecule has 0 saturated carbocycles. The number of aliphatic imine (C=N–C) groups is 1. The average molecular weight is 465 g/mol. The van der Waals surface area contributed by atoms with Crippen LogP contribution in [0.5, 0.6) is 0 Å². The predicted molar refractivity (Wildman–Crippen MR) is 113 cm³/mol. The van der Waals surface area contributed by atoms with Crippen LogP contribution in [0.4, 0.5) is 0 Å². The second-order valence-corrected chi connectivity index (χ2v) is 5.45. The normalized spacial score (nSPS) is 12.4. The maximum absolute atomic E-state index is 10.1. The van der Waals surface area contributed by atoms with Gasteiger partial charge in [-0.15, -0.1) is 24.0 Å². The zero-order chi connectivity index (χ0) is 17.5. The van der Waals surface area contributed by atoms with Crippen molar-refractivity contribution in [2.75, 3.05) is 46.6 Å². The van der Waals surface area contributed by atoms with E-state index < -0.39 is 6.10 Å². The fourth-order valence-corrected chi connectivity index (χ4v) is 2.11. The lowest BCUT2D eigenvalue weighted by Gasteiger charge is -2.13. The molecular formula is C18H32IN3O3. The van der Waals surface area contributed by atoms with Crippen LogP contribution in [0.2, 0.25) is 0 Å². The molecule has 1 atom stereocenters. The van der Waals surface area contributed by atoms with Crippen LogP contribution in [0.25, 0.3) is 0 Å². The van der Waals surface area contributed by atoms with Gasteiger partial charge < -0.3 is 25.2 Å². The van der Waals surface area contributed by atoms with E-state index in [-0.39, 0.29) is 24.0 Å². The smallest absolute Gasteiger partial charge is 0.191 e. The van der Waals surface area contributed by atoms with Crippen molar-refractivity contribution in [2.24, 2.45) is 4.99 Å². The first-order valence-electron chi connectivity index (χ1n) is 8.57. The van der Waals surface area contributed by atoms with E-state index in [1.807, 2.05) is 37.3 Å². The Morgan fingerprint density at radius 1 is 1.16 bits per heavy atom. The summed E-state index contributed by atoms with van der Waals surface area (Å²) in [6.07, 6.45) is 1.01. The molecule has 3 N–H and O–H groups in total. The van der Waals surface area contributed by atoms with Crippen molar-refractivity contribution in [3.8, 4) is 0 Å². The quantitative estimate of drug-likeness (QED) is 0.190. The lowest BCUT2D eigenvalue weighted by Crippen LogP contribution is -2.38. The number of guanidine groups is 1. The lowest BCUT2D eigenvalue weighted by atomic mass is 10.1. The Bertz CT molecular complexity index is 446. The highest BCUT2D eigenvalue weighted by molar-refractivity contribution is 14.0. The number of aliphatic hydroxyl groups is 1. The summed E-state index contributed by atoms with van der Waals surface area (Å²) in [5.74, 6) is 0.724. The molecule has 0 saturated heterocycles. The van der Waals surface area contributed by atoms with Crippen LogP contribution >= 0.6 is 24.0 Å². The summed E-state index contributed by atoms with van der Waals surface area (Å²) in [7, 11) is 1.66. The summed E-state index contributed by atoms with van der Waals surface area (Å²) in [5, 5.41) is 16.5. The molecule has 0 fully saturated rings. The molecule has 6 nitrogen and oxygen atoms in total. The Morgan fingerprint density at radius 2 is 1.92 bits per heavy atom. The Labute approximate surface area is 168 Å². The van der Waals surface area contributed by atoms with E-state index in [9.17, 15) is 5.11 Å². The number of nitrogens with one attached hydrogen (secondary N) is 2. The molecule has 1 aromatic carbocycles. The number of hydrogen-bond donors (Lipinski definition) is 3. The Morgan fingerprint density at radius 3 is 2.60 bits per heavy atom. The topological polar surface area (TPSA) is 75.1 Å². The van der Waals surface area contributed by atoms with Crippen molar-refractivity contribution < 1.29 is 14.6 Å². The lowest BCUT2D eigenvalue weighted by molar-refractivity contribution is 0.0698. The van der Waals surface area contributed by atoms with Gasteiger partial charge in [-0.05, 0) is 18.9 Å². The highest BCUT2D eigenvalue weighted by Gasteiger charge is 2.05. The molecule has 0 aliphatic carbocycles. The molecule has 0 amide bonds. The maximum Gasteiger partial charge on any atom is 0.191 e. The molecule has 1 aromatic rings. The number of methoxy groups -OCH3 is 1. The van der Waals surface area contributed by atoms with Gasteiger partial charge >= 0.3 is 0 Å². The number of halogens is 1. The zero-order valence-electron chi connectivity index (χ0n) is 15.2. The average Bonchev–Trinajstić information content (AvgIpc) is 2.59. The van der Waals surface area contributed by atoms with Gasteiger partial charge in [-0.3, -0.25) is 4.99 Å². The monoisotopic (exact) mass is 465 g/mol. The fraction of sp³-hybridized carbons (Fsp3) is 0.611. The zero-order valence-corrected chi connectivity index (χ0v) is 17.6. The standard InChI is InChI=1S/C18H31N3O3.HI/c1-3-19-18(20-10-7-11-24-13-12-23-2)21-15-17(22)14-16-8-5-4-6-9-16;/h4-6,8-9,17,22H,3,7,10-15H2,1-2H3,(H2,19,20,21);1H. The van der Waals surface area contributed by atoms with Crippen LogP contribution in [0.1, 0.15) is 18.9 Å². The van der Waals surface area contributed by atoms with Crippen LogP contribution in [-0.2, 0) is 15.9 Å². The SMILES string of the molecule is CCNC(=NCC(O)Cc1ccccc1)NCCCOCCOC.I. The molecule has 25 heavy (non-hydrogen) atoms. The highest BCUT2D eigenvalue weighted by Crippen LogP contribution is 2.03. The van der Waals surface area contributed by atoms with Crippen molar-refractivity contribution in [1.82, 2.24) is 10.6 Å². The molecule has 0 spiro atoms. The van der Waals surface area contributed by atoms with E-state index in [1.54, 1.807) is 7.11 Å². The number of benzene rings is 1. The van der Waals surface area contributed by atoms with E-state index >= 15 is 0 Å². The van der Waals surface area contributed by atoms with E-state index in [4.69, 9.17) is 9.47 Å². The largest absolute Gasteiger partial charge is 0.391 e. The minimum atomic E-state index is -0.486. The molecule has 0 aliphatic rings. The number of hydrogen-bond acceptors (Lipinski definition) is 4. The number of nitrogens with zero attached hydrogens (tertiary/aromatic N) is 1. The third-order valence-corrected chi connectivity index (χ3v) is 3.31. The van der Waals surface area contributed by atoms with E-state index in [1.165, 1.54) is 0 Å². The Balaban J connectivity index is 0.00000576. The van der Waals surface area contributed by atoms with E-state index in [2.05, 4.69) is 15.6 Å². The van der Waals surface area contributed by atoms with Crippen molar-refractivity contribution >= 4 is 29.9 Å². The maximum atomic E-state index is 10.1. The highest BCUT2D eigenvalue weighted by atomic mass is 127. The first-order valence-corrected chi connectivity index (χ1v) is 8.57. The molecule has 144 valence electrons. The third kappa shape index (κ3) is 13.0. The van der Waals surface area contributed by atoms with Gasteiger partial charge in [0.15, 0.2) is 5.96 Å². The van der Waals surface area contributed by atoms with Crippen LogP contribution in [0.3, 0.4) is 0 Å². The summed E-state index contributed by atoms with van der Waals surface area (Å²) in [4.78, 5) is 4.44. The van der Waals surface area contributed by atoms with Crippen molar-refractivity contribution in [3.05, 3.63) is 35.9 Å². The van der Waals surface area contributed by atoms with E-state index in [0.717, 1.165) is 31.0 Å². The molecule has 0 radical (unpaired) electrons. The minimum absolute atomic E-state index is 0. The van der Waals surface area contributed by atoms with Gasteiger partial charge in [0.1, 0.15) is 0 Å². The van der Waals surface area contributed by atoms with Gasteiger partial charge in [0.2, 0.25) is 0 Å². The molecule has 0 bridgehead atoms. The fourth-order valence-electron chi connectivity index (χ4n) is 2.11. The van der Waals surface area contributed by atoms with Gasteiger partial charge in [-0.2, -0.15) is 0 Å². The van der Waals surface area contributed by atoms with Crippen LogP contribution in [0.15, 0.2) is 35.3 Å². The third-order valence-electron chi connectivity index (χ3n) is 3.31. The van der Waals surface area contributed by atoms with Gasteiger partial charge in [0.25, 0.3) is 0 Å². The summed E-state index contributed by atoms with van der Waals surface area (Å²) >= 11 is 0. The number of rotatable bonds is 12. The van der Waals surface area contributed by atoms with Gasteiger partial charge in [0.05, 0.1) is 25.9 Å². The summed E-state index contributed by atoms with van der Waals surface area (Å²) in [5.41, 5.74) is 1.12.